The summed E-state index contributed by atoms with van der Waals surface area (Å²) >= 11 is 0. The van der Waals surface area contributed by atoms with Crippen LogP contribution in [0.25, 0.3) is 0 Å². The van der Waals surface area contributed by atoms with Gasteiger partial charge in [-0.05, 0) is 13.8 Å². The van der Waals surface area contributed by atoms with E-state index in [-0.39, 0.29) is 5.69 Å². The van der Waals surface area contributed by atoms with Crippen molar-refractivity contribution >= 4 is 11.8 Å². The normalized spacial score (nSPS) is 10.3. The molecular formula is C11H12N4O3. The molecule has 0 aromatic carbocycles. The zero-order chi connectivity index (χ0) is 13.1. The molecule has 0 amide bonds. The number of aromatic nitrogens is 3. The van der Waals surface area contributed by atoms with Crippen LogP contribution in [0.3, 0.4) is 0 Å². The van der Waals surface area contributed by atoms with Crippen molar-refractivity contribution in [3.05, 3.63) is 35.4 Å². The van der Waals surface area contributed by atoms with Crippen LogP contribution < -0.4 is 5.32 Å². The lowest BCUT2D eigenvalue weighted by Gasteiger charge is -2.02. The van der Waals surface area contributed by atoms with E-state index >= 15 is 0 Å². The van der Waals surface area contributed by atoms with E-state index in [1.165, 1.54) is 12.4 Å². The van der Waals surface area contributed by atoms with Crippen molar-refractivity contribution in [2.24, 2.45) is 0 Å². The highest BCUT2D eigenvalue weighted by molar-refractivity contribution is 5.85. The molecule has 0 unspecified atom stereocenters. The SMILES string of the molecule is Cc1nc(CNc2cncc(C(=O)O)n2)oc1C. The van der Waals surface area contributed by atoms with Crippen LogP contribution in [0.4, 0.5) is 5.82 Å². The smallest absolute Gasteiger partial charge is 0.356 e. The van der Waals surface area contributed by atoms with Gasteiger partial charge in [0, 0.05) is 0 Å². The number of nitrogens with one attached hydrogen (secondary N) is 1. The molecule has 0 fully saturated rings. The second kappa shape index (κ2) is 4.82. The van der Waals surface area contributed by atoms with Gasteiger partial charge in [0.15, 0.2) is 5.69 Å². The molecule has 2 heterocycles. The molecule has 2 N–H and O–H groups in total. The molecule has 0 bridgehead atoms. The second-order valence-electron chi connectivity index (χ2n) is 3.70. The first-order chi connectivity index (χ1) is 8.56. The number of carboxylic acid groups (broad SMARTS) is 1. The van der Waals surface area contributed by atoms with Gasteiger partial charge in [-0.15, -0.1) is 0 Å². The lowest BCUT2D eigenvalue weighted by molar-refractivity contribution is 0.0690. The van der Waals surface area contributed by atoms with Gasteiger partial charge in [0.25, 0.3) is 0 Å². The third-order valence-corrected chi connectivity index (χ3v) is 2.35. The first-order valence-corrected chi connectivity index (χ1v) is 5.28. The van der Waals surface area contributed by atoms with Crippen molar-refractivity contribution in [3.8, 4) is 0 Å². The van der Waals surface area contributed by atoms with E-state index in [0.717, 1.165) is 11.5 Å². The van der Waals surface area contributed by atoms with Gasteiger partial charge in [-0.25, -0.2) is 14.8 Å². The molecule has 0 aliphatic rings. The molecule has 94 valence electrons. The molecule has 0 radical (unpaired) electrons. The Morgan fingerprint density at radius 3 is 2.78 bits per heavy atom. The standard InChI is InChI=1S/C11H12N4O3/c1-6-7(2)18-10(14-6)5-13-9-4-12-3-8(15-9)11(16)17/h3-4H,5H2,1-2H3,(H,13,15)(H,16,17). The zero-order valence-electron chi connectivity index (χ0n) is 9.97. The highest BCUT2D eigenvalue weighted by atomic mass is 16.4. The van der Waals surface area contributed by atoms with Crippen molar-refractivity contribution < 1.29 is 14.3 Å². The first-order valence-electron chi connectivity index (χ1n) is 5.28. The molecule has 0 aliphatic heterocycles. The highest BCUT2D eigenvalue weighted by Gasteiger charge is 2.08. The molecule has 2 aromatic heterocycles. The van der Waals surface area contributed by atoms with E-state index in [1.54, 1.807) is 0 Å². The van der Waals surface area contributed by atoms with Crippen LogP contribution >= 0.6 is 0 Å². The summed E-state index contributed by atoms with van der Waals surface area (Å²) in [5, 5.41) is 11.7. The van der Waals surface area contributed by atoms with Crippen molar-refractivity contribution in [2.75, 3.05) is 5.32 Å². The maximum Gasteiger partial charge on any atom is 0.356 e. The fourth-order valence-corrected chi connectivity index (χ4v) is 1.34. The Labute approximate surface area is 103 Å². The molecule has 0 saturated carbocycles. The summed E-state index contributed by atoms with van der Waals surface area (Å²) in [6.45, 7) is 4.01. The Balaban J connectivity index is 2.06. The van der Waals surface area contributed by atoms with E-state index < -0.39 is 5.97 Å². The molecule has 0 aliphatic carbocycles. The first kappa shape index (κ1) is 12.0. The van der Waals surface area contributed by atoms with Gasteiger partial charge in [-0.3, -0.25) is 4.98 Å². The maximum atomic E-state index is 10.7. The minimum Gasteiger partial charge on any atom is -0.476 e. The number of nitrogens with zero attached hydrogens (tertiary/aromatic N) is 3. The Morgan fingerprint density at radius 2 is 2.17 bits per heavy atom. The highest BCUT2D eigenvalue weighted by Crippen LogP contribution is 2.10. The molecule has 2 rings (SSSR count). The topological polar surface area (TPSA) is 101 Å². The quantitative estimate of drug-likeness (QED) is 0.842. The number of hydrogen-bond acceptors (Lipinski definition) is 6. The molecule has 0 saturated heterocycles. The summed E-state index contributed by atoms with van der Waals surface area (Å²) in [6, 6.07) is 0. The molecule has 0 spiro atoms. The van der Waals surface area contributed by atoms with Crippen LogP contribution in [0, 0.1) is 13.8 Å². The fraction of sp³-hybridized carbons (Fsp3) is 0.273. The molecule has 18 heavy (non-hydrogen) atoms. The lowest BCUT2D eigenvalue weighted by Crippen LogP contribution is -2.07. The summed E-state index contributed by atoms with van der Waals surface area (Å²) in [5.74, 6) is 0.530. The lowest BCUT2D eigenvalue weighted by atomic mass is 10.4. The van der Waals surface area contributed by atoms with Gasteiger partial charge in [0.2, 0.25) is 5.89 Å². The summed E-state index contributed by atoms with van der Waals surface area (Å²) in [5.41, 5.74) is 0.719. The molecule has 0 atom stereocenters. The summed E-state index contributed by atoms with van der Waals surface area (Å²) < 4.78 is 5.38. The van der Waals surface area contributed by atoms with E-state index in [9.17, 15) is 4.79 Å². The van der Waals surface area contributed by atoms with Crippen LogP contribution in [0.15, 0.2) is 16.8 Å². The Kier molecular flexibility index (Phi) is 3.22. The summed E-state index contributed by atoms with van der Waals surface area (Å²) in [6.07, 6.45) is 2.63. The maximum absolute atomic E-state index is 10.7. The van der Waals surface area contributed by atoms with Crippen LogP contribution in [0.1, 0.15) is 27.8 Å². The minimum absolute atomic E-state index is 0.111. The zero-order valence-corrected chi connectivity index (χ0v) is 9.97. The predicted molar refractivity (Wildman–Crippen MR) is 62.3 cm³/mol. The van der Waals surface area contributed by atoms with Gasteiger partial charge >= 0.3 is 5.97 Å². The van der Waals surface area contributed by atoms with Crippen molar-refractivity contribution in [2.45, 2.75) is 20.4 Å². The molecular weight excluding hydrogens is 236 g/mol. The van der Waals surface area contributed by atoms with Crippen molar-refractivity contribution in [1.29, 1.82) is 0 Å². The number of anilines is 1. The Morgan fingerprint density at radius 1 is 1.39 bits per heavy atom. The molecule has 2 aromatic rings. The summed E-state index contributed by atoms with van der Waals surface area (Å²) in [4.78, 5) is 22.6. The number of hydrogen-bond donors (Lipinski definition) is 2. The fourth-order valence-electron chi connectivity index (χ4n) is 1.34. The van der Waals surface area contributed by atoms with Crippen LogP contribution in [-0.2, 0) is 6.54 Å². The molecule has 7 nitrogen and oxygen atoms in total. The predicted octanol–water partition coefficient (Wildman–Crippen LogP) is 1.39. The van der Waals surface area contributed by atoms with E-state index in [4.69, 9.17) is 9.52 Å². The second-order valence-corrected chi connectivity index (χ2v) is 3.70. The van der Waals surface area contributed by atoms with Crippen LogP contribution in [-0.4, -0.2) is 26.0 Å². The monoisotopic (exact) mass is 248 g/mol. The van der Waals surface area contributed by atoms with Gasteiger partial charge in [0.1, 0.15) is 11.6 Å². The van der Waals surface area contributed by atoms with Crippen LogP contribution in [0.2, 0.25) is 0 Å². The average molecular weight is 248 g/mol. The van der Waals surface area contributed by atoms with E-state index in [0.29, 0.717) is 18.3 Å². The number of aromatic carboxylic acids is 1. The van der Waals surface area contributed by atoms with Crippen molar-refractivity contribution in [1.82, 2.24) is 15.0 Å². The van der Waals surface area contributed by atoms with Gasteiger partial charge < -0.3 is 14.8 Å². The third kappa shape index (κ3) is 2.62. The minimum atomic E-state index is -1.12. The number of aryl methyl sites for hydroxylation is 2. The number of carbonyl (C=O) groups is 1. The van der Waals surface area contributed by atoms with E-state index in [1.807, 2.05) is 13.8 Å². The average Bonchev–Trinajstić information content (AvgIpc) is 2.67. The number of carboxylic acids is 1. The Hall–Kier alpha value is -2.44. The number of rotatable bonds is 4. The van der Waals surface area contributed by atoms with Gasteiger partial charge in [-0.1, -0.05) is 0 Å². The van der Waals surface area contributed by atoms with Crippen LogP contribution in [0.5, 0.6) is 0 Å². The molecule has 7 heteroatoms. The summed E-state index contributed by atoms with van der Waals surface area (Å²) in [7, 11) is 0. The Bertz CT molecular complexity index is 560. The number of oxazole rings is 1. The van der Waals surface area contributed by atoms with E-state index in [2.05, 4.69) is 20.3 Å². The van der Waals surface area contributed by atoms with Gasteiger partial charge in [0.05, 0.1) is 24.6 Å². The van der Waals surface area contributed by atoms with Crippen molar-refractivity contribution in [3.63, 3.8) is 0 Å². The largest absolute Gasteiger partial charge is 0.476 e. The third-order valence-electron chi connectivity index (χ3n) is 2.35. The van der Waals surface area contributed by atoms with Gasteiger partial charge in [-0.2, -0.15) is 0 Å².